The third-order valence-corrected chi connectivity index (χ3v) is 6.36. The second kappa shape index (κ2) is 7.47. The molecule has 1 aliphatic heterocycles. The number of rotatable bonds is 0. The number of urea groups is 1. The van der Waals surface area contributed by atoms with Crippen molar-refractivity contribution >= 4 is 17.7 Å². The molecule has 5 rings (SSSR count). The van der Waals surface area contributed by atoms with Gasteiger partial charge in [0.1, 0.15) is 11.3 Å². The molecule has 1 saturated heterocycles. The fourth-order valence-corrected chi connectivity index (χ4v) is 4.72. The molecule has 2 aromatic rings. The molecule has 0 aromatic heterocycles. The maximum Gasteiger partial charge on any atom is 0.322 e. The average Bonchev–Trinajstić information content (AvgIpc) is 2.95. The maximum absolute atomic E-state index is 11.9. The zero-order valence-electron chi connectivity index (χ0n) is 16.9. The summed E-state index contributed by atoms with van der Waals surface area (Å²) in [5.41, 5.74) is 7.03. The standard InChI is InChI=1S/C13H14N2O2.C11H12O/c1-8-3-2-4-9-7-13(6-5-10(8)9)11(16)14-12(17)15-13;1-8-3-2-4-9-7-10(12)5-6-11(8)9/h2-4H,5-7H2,1H3,(H2,14,15,16,17);2-4H,5-7H2,1H3. The van der Waals surface area contributed by atoms with E-state index in [-0.39, 0.29) is 11.9 Å². The van der Waals surface area contributed by atoms with Crippen molar-refractivity contribution in [3.8, 4) is 0 Å². The van der Waals surface area contributed by atoms with Crippen molar-refractivity contribution in [1.29, 1.82) is 0 Å². The Bertz CT molecular complexity index is 1010. The number of carbonyl (C=O) groups is 3. The SMILES string of the molecule is Cc1cccc2c1CCC(=O)C2.Cc1cccc2c1CCC1(C2)NC(=O)NC1=O. The molecule has 0 saturated carbocycles. The lowest BCUT2D eigenvalue weighted by atomic mass is 9.77. The van der Waals surface area contributed by atoms with E-state index in [1.54, 1.807) is 0 Å². The van der Waals surface area contributed by atoms with Crippen LogP contribution >= 0.6 is 0 Å². The number of nitrogens with one attached hydrogen (secondary N) is 2. The molecule has 0 bridgehead atoms. The third-order valence-electron chi connectivity index (χ3n) is 6.36. The highest BCUT2D eigenvalue weighted by atomic mass is 16.2. The van der Waals surface area contributed by atoms with Crippen LogP contribution in [0, 0.1) is 13.8 Å². The molecular weight excluding hydrogens is 364 g/mol. The molecule has 2 aliphatic carbocycles. The van der Waals surface area contributed by atoms with Crippen molar-refractivity contribution < 1.29 is 14.4 Å². The number of hydrogen-bond acceptors (Lipinski definition) is 3. The fourth-order valence-electron chi connectivity index (χ4n) is 4.72. The van der Waals surface area contributed by atoms with Crippen LogP contribution in [0.2, 0.25) is 0 Å². The van der Waals surface area contributed by atoms with Gasteiger partial charge in [0, 0.05) is 19.3 Å². The van der Waals surface area contributed by atoms with Crippen molar-refractivity contribution in [3.05, 3.63) is 69.8 Å². The molecule has 5 nitrogen and oxygen atoms in total. The zero-order valence-corrected chi connectivity index (χ0v) is 16.9. The van der Waals surface area contributed by atoms with Crippen LogP contribution in [0.15, 0.2) is 36.4 Å². The highest BCUT2D eigenvalue weighted by Crippen LogP contribution is 2.32. The van der Waals surface area contributed by atoms with Gasteiger partial charge >= 0.3 is 6.03 Å². The van der Waals surface area contributed by atoms with Gasteiger partial charge in [0.2, 0.25) is 0 Å². The van der Waals surface area contributed by atoms with E-state index in [0.717, 1.165) is 19.3 Å². The Morgan fingerprint density at radius 2 is 1.48 bits per heavy atom. The lowest BCUT2D eigenvalue weighted by Crippen LogP contribution is -2.51. The summed E-state index contributed by atoms with van der Waals surface area (Å²) in [5, 5.41) is 5.11. The molecule has 29 heavy (non-hydrogen) atoms. The largest absolute Gasteiger partial charge is 0.323 e. The summed E-state index contributed by atoms with van der Waals surface area (Å²) in [6.45, 7) is 4.21. The Morgan fingerprint density at radius 3 is 2.14 bits per heavy atom. The predicted molar refractivity (Wildman–Crippen MR) is 111 cm³/mol. The summed E-state index contributed by atoms with van der Waals surface area (Å²) in [7, 11) is 0. The molecule has 5 heteroatoms. The van der Waals surface area contributed by atoms with Gasteiger partial charge in [0.25, 0.3) is 5.91 Å². The summed E-state index contributed by atoms with van der Waals surface area (Å²) in [4.78, 5) is 34.3. The van der Waals surface area contributed by atoms with E-state index in [9.17, 15) is 14.4 Å². The summed E-state index contributed by atoms with van der Waals surface area (Å²) in [6.07, 6.45) is 4.45. The van der Waals surface area contributed by atoms with Gasteiger partial charge < -0.3 is 5.32 Å². The van der Waals surface area contributed by atoms with E-state index in [1.165, 1.54) is 33.4 Å². The minimum absolute atomic E-state index is 0.186. The molecule has 1 heterocycles. The number of benzene rings is 2. The second-order valence-electron chi connectivity index (χ2n) is 8.31. The van der Waals surface area contributed by atoms with Crippen molar-refractivity contribution in [1.82, 2.24) is 10.6 Å². The lowest BCUT2D eigenvalue weighted by Gasteiger charge is -2.32. The monoisotopic (exact) mass is 390 g/mol. The van der Waals surface area contributed by atoms with Crippen molar-refractivity contribution in [2.75, 3.05) is 0 Å². The number of carbonyl (C=O) groups excluding carboxylic acids is 3. The Labute approximate surface area is 170 Å². The van der Waals surface area contributed by atoms with E-state index in [2.05, 4.69) is 42.7 Å². The van der Waals surface area contributed by atoms with Gasteiger partial charge in [-0.15, -0.1) is 0 Å². The topological polar surface area (TPSA) is 75.3 Å². The van der Waals surface area contributed by atoms with Crippen LogP contribution in [0.5, 0.6) is 0 Å². The van der Waals surface area contributed by atoms with Gasteiger partial charge in [-0.05, 0) is 66.5 Å². The molecule has 1 fully saturated rings. The highest BCUT2D eigenvalue weighted by Gasteiger charge is 2.47. The number of aryl methyl sites for hydroxylation is 2. The first-order valence-corrected chi connectivity index (χ1v) is 10.2. The number of fused-ring (bicyclic) bond motifs is 2. The smallest absolute Gasteiger partial charge is 0.322 e. The number of imide groups is 1. The minimum atomic E-state index is -0.710. The van der Waals surface area contributed by atoms with Gasteiger partial charge in [-0.3, -0.25) is 14.9 Å². The molecular formula is C24H26N2O3. The van der Waals surface area contributed by atoms with Crippen molar-refractivity contribution in [2.45, 2.75) is 57.9 Å². The first-order valence-electron chi connectivity index (χ1n) is 10.2. The van der Waals surface area contributed by atoms with E-state index >= 15 is 0 Å². The summed E-state index contributed by atoms with van der Waals surface area (Å²) >= 11 is 0. The van der Waals surface area contributed by atoms with Crippen LogP contribution in [0.4, 0.5) is 4.79 Å². The minimum Gasteiger partial charge on any atom is -0.323 e. The Balaban J connectivity index is 0.000000150. The Morgan fingerprint density at radius 1 is 0.828 bits per heavy atom. The molecule has 3 aliphatic rings. The molecule has 150 valence electrons. The van der Waals surface area contributed by atoms with Crippen LogP contribution < -0.4 is 10.6 Å². The van der Waals surface area contributed by atoms with Gasteiger partial charge in [-0.2, -0.15) is 0 Å². The van der Waals surface area contributed by atoms with E-state index in [1.807, 2.05) is 18.2 Å². The molecule has 2 N–H and O–H groups in total. The first-order chi connectivity index (χ1) is 13.9. The summed E-state index contributed by atoms with van der Waals surface area (Å²) in [6, 6.07) is 12.0. The first kappa shape index (κ1) is 19.4. The van der Waals surface area contributed by atoms with E-state index < -0.39 is 5.54 Å². The zero-order chi connectivity index (χ0) is 20.6. The molecule has 1 unspecified atom stereocenters. The van der Waals surface area contributed by atoms with Crippen LogP contribution in [0.3, 0.4) is 0 Å². The quantitative estimate of drug-likeness (QED) is 0.679. The molecule has 2 aromatic carbocycles. The highest BCUT2D eigenvalue weighted by molar-refractivity contribution is 6.07. The third kappa shape index (κ3) is 3.69. The van der Waals surface area contributed by atoms with Crippen LogP contribution in [0.1, 0.15) is 46.2 Å². The summed E-state index contributed by atoms with van der Waals surface area (Å²) in [5.74, 6) is 0.197. The second-order valence-corrected chi connectivity index (χ2v) is 8.31. The molecule has 0 radical (unpaired) electrons. The maximum atomic E-state index is 11.9. The molecule has 1 atom stereocenters. The number of ketones is 1. The van der Waals surface area contributed by atoms with E-state index in [0.29, 0.717) is 25.0 Å². The van der Waals surface area contributed by atoms with Crippen LogP contribution in [-0.4, -0.2) is 23.3 Å². The molecule has 3 amide bonds. The van der Waals surface area contributed by atoms with Crippen LogP contribution in [-0.2, 0) is 35.3 Å². The molecule has 1 spiro atoms. The van der Waals surface area contributed by atoms with Crippen LogP contribution in [0.25, 0.3) is 0 Å². The van der Waals surface area contributed by atoms with E-state index in [4.69, 9.17) is 0 Å². The Hall–Kier alpha value is -2.95. The Kier molecular flexibility index (Phi) is 4.99. The van der Waals surface area contributed by atoms with Gasteiger partial charge in [0.05, 0.1) is 0 Å². The summed E-state index contributed by atoms with van der Waals surface area (Å²) < 4.78 is 0. The van der Waals surface area contributed by atoms with Crippen molar-refractivity contribution in [2.24, 2.45) is 0 Å². The lowest BCUT2D eigenvalue weighted by molar-refractivity contribution is -0.124. The number of hydrogen-bond donors (Lipinski definition) is 2. The average molecular weight is 390 g/mol. The predicted octanol–water partition coefficient (Wildman–Crippen LogP) is 3.11. The van der Waals surface area contributed by atoms with Gasteiger partial charge in [0.15, 0.2) is 0 Å². The van der Waals surface area contributed by atoms with Gasteiger partial charge in [-0.1, -0.05) is 36.4 Å². The number of Topliss-reactive ketones (excluding diaryl/α,β-unsaturated/α-hetero) is 1. The van der Waals surface area contributed by atoms with Gasteiger partial charge in [-0.25, -0.2) is 4.79 Å². The fraction of sp³-hybridized carbons (Fsp3) is 0.375. The normalized spacial score (nSPS) is 22.2. The number of amides is 3. The van der Waals surface area contributed by atoms with Crippen molar-refractivity contribution in [3.63, 3.8) is 0 Å².